The lowest BCUT2D eigenvalue weighted by Crippen LogP contribution is -2.36. The average Bonchev–Trinajstić information content (AvgIpc) is 2.85. The number of amides is 1. The topological polar surface area (TPSA) is 88.0 Å². The van der Waals surface area contributed by atoms with Gasteiger partial charge in [0.2, 0.25) is 0 Å². The number of para-hydroxylation sites is 2. The van der Waals surface area contributed by atoms with Crippen molar-refractivity contribution in [3.63, 3.8) is 0 Å². The van der Waals surface area contributed by atoms with E-state index in [9.17, 15) is 9.90 Å². The van der Waals surface area contributed by atoms with Gasteiger partial charge in [0.15, 0.2) is 18.1 Å². The van der Waals surface area contributed by atoms with Crippen LogP contribution < -0.4 is 14.8 Å². The van der Waals surface area contributed by atoms with E-state index in [0.29, 0.717) is 24.3 Å². The lowest BCUT2D eigenvalue weighted by Gasteiger charge is -2.14. The normalized spacial score (nSPS) is 24.6. The molecule has 1 aromatic rings. The maximum Gasteiger partial charge on any atom is 0.258 e. The summed E-state index contributed by atoms with van der Waals surface area (Å²) in [7, 11) is 1.54. The third kappa shape index (κ3) is 4.09. The number of carbonyl (C=O) groups excluding carboxylic acids is 1. The summed E-state index contributed by atoms with van der Waals surface area (Å²) in [5, 5.41) is 21.6. The Hall–Kier alpha value is -1.79. The zero-order valence-electron chi connectivity index (χ0n) is 12.0. The van der Waals surface area contributed by atoms with Gasteiger partial charge in [0.1, 0.15) is 0 Å². The van der Waals surface area contributed by atoms with Crippen LogP contribution in [0.15, 0.2) is 24.3 Å². The second-order valence-corrected chi connectivity index (χ2v) is 5.19. The molecule has 0 saturated heterocycles. The maximum atomic E-state index is 11.9. The molecule has 116 valence electrons. The first-order valence-electron chi connectivity index (χ1n) is 6.98. The molecule has 1 saturated carbocycles. The summed E-state index contributed by atoms with van der Waals surface area (Å²) in [6, 6.07) is 6.99. The molecule has 3 N–H and O–H groups in total. The number of aliphatic hydroxyl groups is 2. The molecule has 21 heavy (non-hydrogen) atoms. The monoisotopic (exact) mass is 295 g/mol. The number of hydrogen-bond acceptors (Lipinski definition) is 5. The van der Waals surface area contributed by atoms with E-state index in [1.807, 2.05) is 6.07 Å². The Bertz CT molecular complexity index is 479. The zero-order valence-corrected chi connectivity index (χ0v) is 12.0. The van der Waals surface area contributed by atoms with Crippen LogP contribution >= 0.6 is 0 Å². The summed E-state index contributed by atoms with van der Waals surface area (Å²) < 4.78 is 10.6. The van der Waals surface area contributed by atoms with Gasteiger partial charge in [0.25, 0.3) is 5.91 Å². The number of rotatable bonds is 6. The predicted octanol–water partition coefficient (Wildman–Crippen LogP) is 0.322. The first-order valence-corrected chi connectivity index (χ1v) is 6.98. The van der Waals surface area contributed by atoms with Gasteiger partial charge in [-0.1, -0.05) is 12.1 Å². The molecule has 2 rings (SSSR count). The van der Waals surface area contributed by atoms with Crippen molar-refractivity contribution in [1.82, 2.24) is 5.32 Å². The van der Waals surface area contributed by atoms with Crippen LogP contribution in [0.1, 0.15) is 12.8 Å². The van der Waals surface area contributed by atoms with E-state index < -0.39 is 6.10 Å². The van der Waals surface area contributed by atoms with Crippen LogP contribution in [0.5, 0.6) is 11.5 Å². The van der Waals surface area contributed by atoms with Gasteiger partial charge in [-0.25, -0.2) is 0 Å². The molecular formula is C15H21NO5. The van der Waals surface area contributed by atoms with Gasteiger partial charge in [0.05, 0.1) is 13.2 Å². The molecule has 1 aromatic carbocycles. The minimum atomic E-state index is -0.560. The van der Waals surface area contributed by atoms with Crippen LogP contribution in [0, 0.1) is 5.92 Å². The van der Waals surface area contributed by atoms with E-state index in [2.05, 4.69) is 5.32 Å². The summed E-state index contributed by atoms with van der Waals surface area (Å²) in [6.07, 6.45) is 0.486. The number of carbonyl (C=O) groups is 1. The summed E-state index contributed by atoms with van der Waals surface area (Å²) >= 11 is 0. The molecule has 1 amide bonds. The average molecular weight is 295 g/mol. The fraction of sp³-hybridized carbons (Fsp3) is 0.533. The standard InChI is InChI=1S/C15H21NO5/c1-20-13-4-2-3-5-14(13)21-9-15(19)16-11-6-10(8-17)12(18)7-11/h2-5,10-12,17-18H,6-9H2,1H3,(H,16,19)/t10-,11-,12+/m0/s1. The van der Waals surface area contributed by atoms with Gasteiger partial charge in [-0.05, 0) is 25.0 Å². The molecule has 0 radical (unpaired) electrons. The zero-order chi connectivity index (χ0) is 15.2. The van der Waals surface area contributed by atoms with Crippen molar-refractivity contribution < 1.29 is 24.5 Å². The highest BCUT2D eigenvalue weighted by molar-refractivity contribution is 5.78. The van der Waals surface area contributed by atoms with Crippen LogP contribution in [-0.2, 0) is 4.79 Å². The number of aliphatic hydroxyl groups excluding tert-OH is 2. The van der Waals surface area contributed by atoms with Crippen molar-refractivity contribution in [2.24, 2.45) is 5.92 Å². The first kappa shape index (κ1) is 15.6. The number of hydrogen-bond donors (Lipinski definition) is 3. The van der Waals surface area contributed by atoms with E-state index >= 15 is 0 Å². The van der Waals surface area contributed by atoms with E-state index in [1.165, 1.54) is 7.11 Å². The fourth-order valence-corrected chi connectivity index (χ4v) is 2.57. The number of ether oxygens (including phenoxy) is 2. The second-order valence-electron chi connectivity index (χ2n) is 5.19. The summed E-state index contributed by atoms with van der Waals surface area (Å²) in [6.45, 7) is -0.179. The Kier molecular flexibility index (Phi) is 5.41. The van der Waals surface area contributed by atoms with Gasteiger partial charge < -0.3 is 25.0 Å². The summed E-state index contributed by atoms with van der Waals surface area (Å²) in [5.41, 5.74) is 0. The van der Waals surface area contributed by atoms with Gasteiger partial charge >= 0.3 is 0 Å². The Balaban J connectivity index is 1.80. The largest absolute Gasteiger partial charge is 0.493 e. The van der Waals surface area contributed by atoms with E-state index in [1.54, 1.807) is 18.2 Å². The van der Waals surface area contributed by atoms with Crippen molar-refractivity contribution in [2.75, 3.05) is 20.3 Å². The highest BCUT2D eigenvalue weighted by Crippen LogP contribution is 2.27. The molecule has 0 aliphatic heterocycles. The lowest BCUT2D eigenvalue weighted by atomic mass is 10.1. The molecule has 1 fully saturated rings. The Morgan fingerprint density at radius 1 is 1.33 bits per heavy atom. The molecular weight excluding hydrogens is 274 g/mol. The molecule has 6 heteroatoms. The molecule has 0 unspecified atom stereocenters. The van der Waals surface area contributed by atoms with E-state index in [0.717, 1.165) is 0 Å². The van der Waals surface area contributed by atoms with Crippen LogP contribution in [0.3, 0.4) is 0 Å². The van der Waals surface area contributed by atoms with Gasteiger partial charge in [-0.3, -0.25) is 4.79 Å². The van der Waals surface area contributed by atoms with Crippen molar-refractivity contribution in [2.45, 2.75) is 25.0 Å². The number of benzene rings is 1. The lowest BCUT2D eigenvalue weighted by molar-refractivity contribution is -0.123. The first-order chi connectivity index (χ1) is 10.1. The van der Waals surface area contributed by atoms with Crippen LogP contribution in [0.2, 0.25) is 0 Å². The minimum absolute atomic E-state index is 0.0642. The summed E-state index contributed by atoms with van der Waals surface area (Å²) in [4.78, 5) is 11.9. The van der Waals surface area contributed by atoms with Gasteiger partial charge in [-0.15, -0.1) is 0 Å². The minimum Gasteiger partial charge on any atom is -0.493 e. The third-order valence-electron chi connectivity index (χ3n) is 3.68. The van der Waals surface area contributed by atoms with Crippen LogP contribution in [0.25, 0.3) is 0 Å². The smallest absolute Gasteiger partial charge is 0.258 e. The predicted molar refractivity (Wildman–Crippen MR) is 76.2 cm³/mol. The maximum absolute atomic E-state index is 11.9. The SMILES string of the molecule is COc1ccccc1OCC(=O)N[C@H]1C[C@@H](CO)[C@H](O)C1. The highest BCUT2D eigenvalue weighted by Gasteiger charge is 2.33. The second kappa shape index (κ2) is 7.28. The van der Waals surface area contributed by atoms with Gasteiger partial charge in [0, 0.05) is 18.6 Å². The molecule has 0 spiro atoms. The van der Waals surface area contributed by atoms with Crippen molar-refractivity contribution >= 4 is 5.91 Å². The van der Waals surface area contributed by atoms with Crippen molar-refractivity contribution in [3.05, 3.63) is 24.3 Å². The van der Waals surface area contributed by atoms with Crippen LogP contribution in [0.4, 0.5) is 0 Å². The molecule has 0 heterocycles. The van der Waals surface area contributed by atoms with E-state index in [-0.39, 0.29) is 31.1 Å². The summed E-state index contributed by atoms with van der Waals surface area (Å²) in [5.74, 6) is 0.666. The van der Waals surface area contributed by atoms with Crippen LogP contribution in [-0.4, -0.2) is 48.6 Å². The molecule has 6 nitrogen and oxygen atoms in total. The highest BCUT2D eigenvalue weighted by atomic mass is 16.5. The fourth-order valence-electron chi connectivity index (χ4n) is 2.57. The molecule has 1 aliphatic rings. The van der Waals surface area contributed by atoms with Crippen molar-refractivity contribution in [1.29, 1.82) is 0 Å². The number of methoxy groups -OCH3 is 1. The molecule has 1 aliphatic carbocycles. The molecule has 3 atom stereocenters. The third-order valence-corrected chi connectivity index (χ3v) is 3.68. The van der Waals surface area contributed by atoms with Gasteiger partial charge in [-0.2, -0.15) is 0 Å². The van der Waals surface area contributed by atoms with Crippen molar-refractivity contribution in [3.8, 4) is 11.5 Å². The molecule has 0 aromatic heterocycles. The molecule has 0 bridgehead atoms. The Morgan fingerprint density at radius 2 is 2.05 bits per heavy atom. The Morgan fingerprint density at radius 3 is 2.67 bits per heavy atom. The quantitative estimate of drug-likeness (QED) is 0.703. The Labute approximate surface area is 123 Å². The van der Waals surface area contributed by atoms with E-state index in [4.69, 9.17) is 14.6 Å². The number of nitrogens with one attached hydrogen (secondary N) is 1.